The van der Waals surface area contributed by atoms with E-state index in [4.69, 9.17) is 0 Å². The lowest BCUT2D eigenvalue weighted by Gasteiger charge is -2.11. The molecule has 0 fully saturated rings. The topological polar surface area (TPSA) is 37.8 Å². The fourth-order valence-corrected chi connectivity index (χ4v) is 4.16. The molecule has 6 aromatic rings. The molecule has 0 saturated carbocycles. The summed E-state index contributed by atoms with van der Waals surface area (Å²) in [4.78, 5) is 9.34. The van der Waals surface area contributed by atoms with Crippen LogP contribution in [0.3, 0.4) is 0 Å². The van der Waals surface area contributed by atoms with E-state index < -0.39 is 0 Å². The number of benzene rings is 4. The van der Waals surface area contributed by atoms with E-state index in [1.807, 2.05) is 24.5 Å². The zero-order valence-corrected chi connectivity index (χ0v) is 17.9. The first kappa shape index (κ1) is 19.2. The number of fused-ring (bicyclic) bond motifs is 2. The SMILES string of the molecule is c1cc(Nc2cccc(-c3cc4ccccc4cn3)c2)cc(-c2cc3ccccc3cn2)c1. The van der Waals surface area contributed by atoms with Crippen molar-refractivity contribution in [2.45, 2.75) is 0 Å². The molecular formula is C30H21N3. The smallest absolute Gasteiger partial charge is 0.0709 e. The van der Waals surface area contributed by atoms with Gasteiger partial charge in [0, 0.05) is 45.7 Å². The molecule has 0 aliphatic carbocycles. The Hall–Kier alpha value is -4.50. The third-order valence-electron chi connectivity index (χ3n) is 5.87. The lowest BCUT2D eigenvalue weighted by atomic mass is 10.1. The Bertz CT molecular complexity index is 1480. The Morgan fingerprint density at radius 1 is 0.424 bits per heavy atom. The summed E-state index contributed by atoms with van der Waals surface area (Å²) in [6, 6.07) is 37.6. The van der Waals surface area contributed by atoms with Crippen LogP contribution >= 0.6 is 0 Å². The molecule has 4 aromatic carbocycles. The summed E-state index contributed by atoms with van der Waals surface area (Å²) in [6.07, 6.45) is 3.87. The first-order valence-corrected chi connectivity index (χ1v) is 11.0. The zero-order valence-electron chi connectivity index (χ0n) is 17.9. The number of nitrogens with zero attached hydrogens (tertiary/aromatic N) is 2. The van der Waals surface area contributed by atoms with Crippen molar-refractivity contribution in [3.8, 4) is 22.5 Å². The summed E-state index contributed by atoms with van der Waals surface area (Å²) < 4.78 is 0. The van der Waals surface area contributed by atoms with Crippen molar-refractivity contribution in [1.29, 1.82) is 0 Å². The second-order valence-corrected chi connectivity index (χ2v) is 8.12. The monoisotopic (exact) mass is 423 g/mol. The molecule has 0 aliphatic rings. The van der Waals surface area contributed by atoms with Gasteiger partial charge in [-0.05, 0) is 47.2 Å². The quantitative estimate of drug-likeness (QED) is 0.314. The van der Waals surface area contributed by atoms with Crippen molar-refractivity contribution in [3.63, 3.8) is 0 Å². The van der Waals surface area contributed by atoms with Crippen LogP contribution in [0.15, 0.2) is 122 Å². The molecule has 33 heavy (non-hydrogen) atoms. The summed E-state index contributed by atoms with van der Waals surface area (Å²) in [6.45, 7) is 0. The highest BCUT2D eigenvalue weighted by atomic mass is 14.9. The van der Waals surface area contributed by atoms with E-state index in [-0.39, 0.29) is 0 Å². The lowest BCUT2D eigenvalue weighted by molar-refractivity contribution is 1.35. The Kier molecular flexibility index (Phi) is 4.78. The van der Waals surface area contributed by atoms with Crippen LogP contribution in [0.4, 0.5) is 11.4 Å². The van der Waals surface area contributed by atoms with Gasteiger partial charge in [-0.3, -0.25) is 9.97 Å². The minimum Gasteiger partial charge on any atom is -0.355 e. The molecule has 0 bridgehead atoms. The molecule has 2 heterocycles. The maximum atomic E-state index is 4.67. The first-order valence-electron chi connectivity index (χ1n) is 11.0. The summed E-state index contributed by atoms with van der Waals surface area (Å²) in [5.41, 5.74) is 6.13. The number of hydrogen-bond donors (Lipinski definition) is 1. The van der Waals surface area contributed by atoms with Crippen molar-refractivity contribution in [1.82, 2.24) is 9.97 Å². The van der Waals surface area contributed by atoms with Gasteiger partial charge in [-0.1, -0.05) is 72.8 Å². The van der Waals surface area contributed by atoms with Gasteiger partial charge in [-0.2, -0.15) is 0 Å². The normalized spacial score (nSPS) is 11.0. The number of aromatic nitrogens is 2. The van der Waals surface area contributed by atoms with E-state index in [9.17, 15) is 0 Å². The van der Waals surface area contributed by atoms with Gasteiger partial charge >= 0.3 is 0 Å². The number of nitrogens with one attached hydrogen (secondary N) is 1. The molecule has 0 saturated heterocycles. The van der Waals surface area contributed by atoms with Gasteiger partial charge in [0.05, 0.1) is 11.4 Å². The van der Waals surface area contributed by atoms with E-state index in [2.05, 4.69) is 112 Å². The van der Waals surface area contributed by atoms with Crippen LogP contribution < -0.4 is 5.32 Å². The first-order chi connectivity index (χ1) is 16.3. The number of hydrogen-bond acceptors (Lipinski definition) is 3. The van der Waals surface area contributed by atoms with Crippen molar-refractivity contribution in [2.24, 2.45) is 0 Å². The van der Waals surface area contributed by atoms with Gasteiger partial charge in [0.2, 0.25) is 0 Å². The van der Waals surface area contributed by atoms with E-state index in [1.165, 1.54) is 10.8 Å². The molecule has 0 radical (unpaired) electrons. The standard InChI is InChI=1S/C30H21N3/c1-3-9-25-19-31-29(17-21(25)7-1)23-11-5-13-27(15-23)33-28-14-6-12-24(16-28)30-18-22-8-2-4-10-26(22)20-32-30/h1-20,33H. The van der Waals surface area contributed by atoms with Crippen LogP contribution in [0.1, 0.15) is 0 Å². The van der Waals surface area contributed by atoms with Gasteiger partial charge in [-0.25, -0.2) is 0 Å². The highest BCUT2D eigenvalue weighted by Gasteiger charge is 2.05. The molecule has 0 amide bonds. The predicted molar refractivity (Wildman–Crippen MR) is 138 cm³/mol. The van der Waals surface area contributed by atoms with Gasteiger partial charge in [0.1, 0.15) is 0 Å². The van der Waals surface area contributed by atoms with Crippen molar-refractivity contribution >= 4 is 32.9 Å². The van der Waals surface area contributed by atoms with Crippen LogP contribution in [0.25, 0.3) is 44.1 Å². The summed E-state index contributed by atoms with van der Waals surface area (Å²) >= 11 is 0. The van der Waals surface area contributed by atoms with Gasteiger partial charge < -0.3 is 5.32 Å². The minimum atomic E-state index is 0.964. The second-order valence-electron chi connectivity index (χ2n) is 8.12. The van der Waals surface area contributed by atoms with E-state index >= 15 is 0 Å². The molecule has 2 aromatic heterocycles. The second kappa shape index (κ2) is 8.21. The Morgan fingerprint density at radius 3 is 1.36 bits per heavy atom. The average Bonchev–Trinajstić information content (AvgIpc) is 2.88. The molecular weight excluding hydrogens is 402 g/mol. The van der Waals surface area contributed by atoms with Crippen molar-refractivity contribution < 1.29 is 0 Å². The van der Waals surface area contributed by atoms with Crippen LogP contribution in [-0.2, 0) is 0 Å². The van der Waals surface area contributed by atoms with Gasteiger partial charge in [-0.15, -0.1) is 0 Å². The molecule has 0 unspecified atom stereocenters. The molecule has 0 spiro atoms. The Labute approximate surface area is 192 Å². The van der Waals surface area contributed by atoms with E-state index in [1.54, 1.807) is 0 Å². The molecule has 3 heteroatoms. The maximum absolute atomic E-state index is 4.67. The predicted octanol–water partition coefficient (Wildman–Crippen LogP) is 7.86. The lowest BCUT2D eigenvalue weighted by Crippen LogP contribution is -1.92. The van der Waals surface area contributed by atoms with Crippen LogP contribution in [-0.4, -0.2) is 9.97 Å². The van der Waals surface area contributed by atoms with Crippen LogP contribution in [0.2, 0.25) is 0 Å². The van der Waals surface area contributed by atoms with Crippen LogP contribution in [0, 0.1) is 0 Å². The third kappa shape index (κ3) is 3.92. The average molecular weight is 424 g/mol. The van der Waals surface area contributed by atoms with Crippen molar-refractivity contribution in [2.75, 3.05) is 5.32 Å². The highest BCUT2D eigenvalue weighted by molar-refractivity contribution is 5.86. The summed E-state index contributed by atoms with van der Waals surface area (Å²) in [5.74, 6) is 0. The van der Waals surface area contributed by atoms with E-state index in [0.29, 0.717) is 0 Å². The fourth-order valence-electron chi connectivity index (χ4n) is 4.16. The Morgan fingerprint density at radius 2 is 0.879 bits per heavy atom. The third-order valence-corrected chi connectivity index (χ3v) is 5.87. The molecule has 0 atom stereocenters. The molecule has 156 valence electrons. The minimum absolute atomic E-state index is 0.964. The zero-order chi connectivity index (χ0) is 22.0. The maximum Gasteiger partial charge on any atom is 0.0709 e. The molecule has 0 aliphatic heterocycles. The molecule has 6 rings (SSSR count). The molecule has 1 N–H and O–H groups in total. The largest absolute Gasteiger partial charge is 0.355 e. The van der Waals surface area contributed by atoms with E-state index in [0.717, 1.165) is 44.7 Å². The number of rotatable bonds is 4. The van der Waals surface area contributed by atoms with Gasteiger partial charge in [0.25, 0.3) is 0 Å². The fraction of sp³-hybridized carbons (Fsp3) is 0. The Balaban J connectivity index is 1.30. The van der Waals surface area contributed by atoms with Crippen LogP contribution in [0.5, 0.6) is 0 Å². The highest BCUT2D eigenvalue weighted by Crippen LogP contribution is 2.28. The van der Waals surface area contributed by atoms with Crippen molar-refractivity contribution in [3.05, 3.63) is 122 Å². The summed E-state index contributed by atoms with van der Waals surface area (Å²) in [5, 5.41) is 8.22. The number of pyridine rings is 2. The molecule has 3 nitrogen and oxygen atoms in total. The van der Waals surface area contributed by atoms with Gasteiger partial charge in [0.15, 0.2) is 0 Å². The summed E-state index contributed by atoms with van der Waals surface area (Å²) in [7, 11) is 0. The number of anilines is 2.